The first-order chi connectivity index (χ1) is 12.7. The van der Waals surface area contributed by atoms with Crippen LogP contribution in [-0.4, -0.2) is 39.2 Å². The minimum absolute atomic E-state index is 0.200. The predicted octanol–water partition coefficient (Wildman–Crippen LogP) is 2.71. The van der Waals surface area contributed by atoms with E-state index in [-0.39, 0.29) is 12.0 Å². The number of ether oxygens (including phenoxy) is 2. The van der Waals surface area contributed by atoms with Crippen molar-refractivity contribution in [3.63, 3.8) is 0 Å². The summed E-state index contributed by atoms with van der Waals surface area (Å²) in [5.41, 5.74) is 1.42. The molecule has 0 saturated heterocycles. The maximum Gasteiger partial charge on any atom is 0.259 e. The number of aromatic nitrogens is 4. The van der Waals surface area contributed by atoms with E-state index in [9.17, 15) is 4.79 Å². The van der Waals surface area contributed by atoms with Gasteiger partial charge in [0.2, 0.25) is 0 Å². The number of carbonyl (C=O) groups excluding carboxylic acids is 1. The van der Waals surface area contributed by atoms with Crippen LogP contribution in [0.1, 0.15) is 36.0 Å². The van der Waals surface area contributed by atoms with E-state index in [4.69, 9.17) is 9.47 Å². The van der Waals surface area contributed by atoms with Gasteiger partial charge in [-0.25, -0.2) is 0 Å². The minimum atomic E-state index is -0.289. The molecule has 4 rings (SSSR count). The summed E-state index contributed by atoms with van der Waals surface area (Å²) in [6.07, 6.45) is 6.33. The molecule has 134 valence electrons. The third-order valence-electron chi connectivity index (χ3n) is 4.49. The van der Waals surface area contributed by atoms with Gasteiger partial charge in [0.25, 0.3) is 5.91 Å². The summed E-state index contributed by atoms with van der Waals surface area (Å²) in [6.45, 7) is 0. The molecular formula is C18H19N5O3. The van der Waals surface area contributed by atoms with Gasteiger partial charge in [-0.2, -0.15) is 4.52 Å². The minimum Gasteiger partial charge on any atom is -0.493 e. The van der Waals surface area contributed by atoms with E-state index in [0.29, 0.717) is 28.4 Å². The molecule has 1 amide bonds. The van der Waals surface area contributed by atoms with Gasteiger partial charge >= 0.3 is 0 Å². The van der Waals surface area contributed by atoms with Crippen LogP contribution in [0, 0.1) is 0 Å². The molecule has 0 bridgehead atoms. The van der Waals surface area contributed by atoms with Crippen LogP contribution in [-0.2, 0) is 0 Å². The second-order valence-corrected chi connectivity index (χ2v) is 6.21. The fourth-order valence-corrected chi connectivity index (χ4v) is 3.17. The maximum absolute atomic E-state index is 12.6. The van der Waals surface area contributed by atoms with Gasteiger partial charge in [-0.1, -0.05) is 0 Å². The third kappa shape index (κ3) is 3.17. The molecule has 0 atom stereocenters. The average molecular weight is 353 g/mol. The number of hydrogen-bond donors (Lipinski definition) is 1. The van der Waals surface area contributed by atoms with Crippen molar-refractivity contribution >= 4 is 17.2 Å². The average Bonchev–Trinajstić information content (AvgIpc) is 3.33. The Kier molecular flexibility index (Phi) is 4.39. The molecule has 8 heteroatoms. The number of methoxy groups -OCH3 is 1. The number of amides is 1. The van der Waals surface area contributed by atoms with Crippen molar-refractivity contribution < 1.29 is 14.3 Å². The van der Waals surface area contributed by atoms with E-state index in [1.54, 1.807) is 43.6 Å². The molecule has 0 unspecified atom stereocenters. The first kappa shape index (κ1) is 16.3. The summed E-state index contributed by atoms with van der Waals surface area (Å²) in [4.78, 5) is 12.6. The van der Waals surface area contributed by atoms with Crippen molar-refractivity contribution in [2.75, 3.05) is 12.4 Å². The van der Waals surface area contributed by atoms with Gasteiger partial charge in [-0.05, 0) is 60.4 Å². The molecule has 3 aromatic rings. The Balaban J connectivity index is 1.57. The summed E-state index contributed by atoms with van der Waals surface area (Å²) in [5, 5.41) is 14.2. The van der Waals surface area contributed by atoms with E-state index in [1.807, 2.05) is 0 Å². The Morgan fingerprint density at radius 1 is 1.23 bits per heavy atom. The largest absolute Gasteiger partial charge is 0.493 e. The highest BCUT2D eigenvalue weighted by atomic mass is 16.5. The molecule has 1 aliphatic rings. The molecule has 1 N–H and O–H groups in total. The fourth-order valence-electron chi connectivity index (χ4n) is 3.17. The normalized spacial score (nSPS) is 14.5. The number of fused-ring (bicyclic) bond motifs is 1. The fraction of sp³-hybridized carbons (Fsp3) is 0.333. The Hall–Kier alpha value is -3.16. The molecule has 1 saturated carbocycles. The van der Waals surface area contributed by atoms with Crippen LogP contribution in [0.25, 0.3) is 5.65 Å². The number of nitrogens with one attached hydrogen (secondary N) is 1. The van der Waals surface area contributed by atoms with Crippen LogP contribution in [0.15, 0.2) is 36.5 Å². The molecular weight excluding hydrogens is 334 g/mol. The van der Waals surface area contributed by atoms with E-state index < -0.39 is 0 Å². The molecule has 1 aromatic carbocycles. The standard InChI is InChI=1S/C18H19N5O3/c1-25-15-9-8-12(11-16(15)26-13-5-2-3-6-13)19-18(24)14-7-4-10-23-17(14)20-21-22-23/h4,7-11,13H,2-3,5-6H2,1H3,(H,19,24). The maximum atomic E-state index is 12.6. The van der Waals surface area contributed by atoms with Crippen molar-refractivity contribution in [2.45, 2.75) is 31.8 Å². The van der Waals surface area contributed by atoms with E-state index in [1.165, 1.54) is 17.4 Å². The van der Waals surface area contributed by atoms with Crippen molar-refractivity contribution in [3.8, 4) is 11.5 Å². The molecule has 2 heterocycles. The second-order valence-electron chi connectivity index (χ2n) is 6.21. The van der Waals surface area contributed by atoms with Crippen LogP contribution in [0.4, 0.5) is 5.69 Å². The Bertz CT molecular complexity index is 933. The number of tetrazole rings is 1. The van der Waals surface area contributed by atoms with Crippen LogP contribution >= 0.6 is 0 Å². The zero-order valence-corrected chi connectivity index (χ0v) is 14.4. The molecule has 0 radical (unpaired) electrons. The number of pyridine rings is 1. The smallest absolute Gasteiger partial charge is 0.259 e. The molecule has 1 aliphatic carbocycles. The van der Waals surface area contributed by atoms with Gasteiger partial charge in [-0.15, -0.1) is 5.10 Å². The first-order valence-corrected chi connectivity index (χ1v) is 8.57. The highest BCUT2D eigenvalue weighted by Gasteiger charge is 2.19. The van der Waals surface area contributed by atoms with Crippen LogP contribution in [0.5, 0.6) is 11.5 Å². The lowest BCUT2D eigenvalue weighted by Crippen LogP contribution is -2.15. The third-order valence-corrected chi connectivity index (χ3v) is 4.49. The summed E-state index contributed by atoms with van der Waals surface area (Å²) in [6, 6.07) is 8.76. The van der Waals surface area contributed by atoms with Crippen molar-refractivity contribution in [2.24, 2.45) is 0 Å². The lowest BCUT2D eigenvalue weighted by molar-refractivity contribution is 0.102. The molecule has 26 heavy (non-hydrogen) atoms. The van der Waals surface area contributed by atoms with Crippen LogP contribution in [0.2, 0.25) is 0 Å². The van der Waals surface area contributed by atoms with Crippen molar-refractivity contribution in [1.82, 2.24) is 20.0 Å². The lowest BCUT2D eigenvalue weighted by atomic mass is 10.2. The van der Waals surface area contributed by atoms with Gasteiger partial charge in [0.15, 0.2) is 17.1 Å². The summed E-state index contributed by atoms with van der Waals surface area (Å²) >= 11 is 0. The van der Waals surface area contributed by atoms with Gasteiger partial charge in [0, 0.05) is 18.0 Å². The predicted molar refractivity (Wildman–Crippen MR) is 94.6 cm³/mol. The molecule has 8 nitrogen and oxygen atoms in total. The van der Waals surface area contributed by atoms with Gasteiger partial charge in [0.1, 0.15) is 0 Å². The number of rotatable bonds is 5. The lowest BCUT2D eigenvalue weighted by Gasteiger charge is -2.17. The Labute approximate surface area is 150 Å². The van der Waals surface area contributed by atoms with E-state index in [0.717, 1.165) is 12.8 Å². The summed E-state index contributed by atoms with van der Waals surface area (Å²) in [5.74, 6) is 1.00. The van der Waals surface area contributed by atoms with Gasteiger partial charge in [-0.3, -0.25) is 4.79 Å². The molecule has 1 fully saturated rings. The summed E-state index contributed by atoms with van der Waals surface area (Å²) < 4.78 is 12.9. The quantitative estimate of drug-likeness (QED) is 0.758. The number of carbonyl (C=O) groups is 1. The first-order valence-electron chi connectivity index (χ1n) is 8.57. The second kappa shape index (κ2) is 6.99. The Morgan fingerprint density at radius 2 is 2.08 bits per heavy atom. The highest BCUT2D eigenvalue weighted by Crippen LogP contribution is 2.34. The van der Waals surface area contributed by atoms with Crippen molar-refractivity contribution in [3.05, 3.63) is 42.1 Å². The highest BCUT2D eigenvalue weighted by molar-refractivity contribution is 6.08. The number of nitrogens with zero attached hydrogens (tertiary/aromatic N) is 4. The van der Waals surface area contributed by atoms with Gasteiger partial charge < -0.3 is 14.8 Å². The SMILES string of the molecule is COc1ccc(NC(=O)c2cccn3nnnc23)cc1OC1CCCC1. The molecule has 2 aromatic heterocycles. The molecule has 0 aliphatic heterocycles. The van der Waals surface area contributed by atoms with E-state index >= 15 is 0 Å². The van der Waals surface area contributed by atoms with Gasteiger partial charge in [0.05, 0.1) is 18.8 Å². The number of hydrogen-bond acceptors (Lipinski definition) is 6. The van der Waals surface area contributed by atoms with Crippen molar-refractivity contribution in [1.29, 1.82) is 0 Å². The van der Waals surface area contributed by atoms with E-state index in [2.05, 4.69) is 20.8 Å². The zero-order valence-electron chi connectivity index (χ0n) is 14.4. The van der Waals surface area contributed by atoms with Crippen LogP contribution in [0.3, 0.4) is 0 Å². The monoisotopic (exact) mass is 353 g/mol. The topological polar surface area (TPSA) is 90.6 Å². The number of benzene rings is 1. The van der Waals surface area contributed by atoms with Crippen LogP contribution < -0.4 is 14.8 Å². The zero-order chi connectivity index (χ0) is 17.9. The molecule has 0 spiro atoms. The summed E-state index contributed by atoms with van der Waals surface area (Å²) in [7, 11) is 1.61. The number of anilines is 1. The Morgan fingerprint density at radius 3 is 2.88 bits per heavy atom.